The van der Waals surface area contributed by atoms with Gasteiger partial charge in [0.2, 0.25) is 11.2 Å². The molecule has 3 aromatic carbocycles. The standard InChI is InChI=1S/C28H19NO9/c1-11-2-3-12-7-15(28(36)29-16(12)6-11)14-9-21(33)37-20-10-19(32)23-24(34)25(35)26(38-27(23)22(14)20)13-4-5-17(30)18(31)8-13/h2-8,10,14,30-32,35H,9H2,1H3,(H,29,36)/t14-/m1/s1. The molecule has 0 aliphatic carbocycles. The summed E-state index contributed by atoms with van der Waals surface area (Å²) in [5, 5.41) is 41.2. The number of esters is 1. The Morgan fingerprint density at radius 3 is 2.45 bits per heavy atom. The number of fused-ring (bicyclic) bond motifs is 4. The number of hydrogen-bond donors (Lipinski definition) is 5. The third kappa shape index (κ3) is 3.46. The molecule has 10 nitrogen and oxygen atoms in total. The van der Waals surface area contributed by atoms with Crippen LogP contribution in [-0.4, -0.2) is 31.4 Å². The number of aromatic hydroxyl groups is 4. The SMILES string of the molecule is Cc1ccc2cc([C@H]3CC(=O)Oc4cc(O)c5c(=O)c(O)c(-c6ccc(O)c(O)c6)oc5c43)c(=O)[nH]c2c1. The Morgan fingerprint density at radius 1 is 0.895 bits per heavy atom. The van der Waals surface area contributed by atoms with E-state index in [-0.39, 0.29) is 45.6 Å². The molecule has 0 spiro atoms. The number of aromatic nitrogens is 1. The summed E-state index contributed by atoms with van der Waals surface area (Å²) < 4.78 is 11.3. The Hall–Kier alpha value is -5.25. The zero-order valence-corrected chi connectivity index (χ0v) is 19.7. The Morgan fingerprint density at radius 2 is 1.68 bits per heavy atom. The van der Waals surface area contributed by atoms with Gasteiger partial charge >= 0.3 is 5.97 Å². The van der Waals surface area contributed by atoms with Crippen LogP contribution in [0.15, 0.2) is 62.5 Å². The molecule has 0 unspecified atom stereocenters. The van der Waals surface area contributed by atoms with Crippen molar-refractivity contribution in [2.24, 2.45) is 0 Å². The molecular formula is C28H19NO9. The number of H-pyrrole nitrogens is 1. The highest BCUT2D eigenvalue weighted by Gasteiger charge is 2.36. The number of carbonyl (C=O) groups excluding carboxylic acids is 1. The normalized spacial score (nSPS) is 15.0. The van der Waals surface area contributed by atoms with E-state index < -0.39 is 45.9 Å². The van der Waals surface area contributed by atoms with Crippen molar-refractivity contribution >= 4 is 27.8 Å². The first kappa shape index (κ1) is 23.2. The minimum absolute atomic E-state index is 0.0529. The summed E-state index contributed by atoms with van der Waals surface area (Å²) >= 11 is 0. The zero-order chi connectivity index (χ0) is 26.9. The maximum atomic E-state index is 13.2. The van der Waals surface area contributed by atoms with Crippen LogP contribution < -0.4 is 15.7 Å². The predicted molar refractivity (Wildman–Crippen MR) is 136 cm³/mol. The van der Waals surface area contributed by atoms with Crippen LogP contribution in [0, 0.1) is 6.92 Å². The molecule has 0 radical (unpaired) electrons. The average Bonchev–Trinajstić information content (AvgIpc) is 2.86. The summed E-state index contributed by atoms with van der Waals surface area (Å²) in [6.45, 7) is 1.89. The van der Waals surface area contributed by atoms with Crippen molar-refractivity contribution in [3.05, 3.63) is 85.8 Å². The second-order valence-corrected chi connectivity index (χ2v) is 9.20. The summed E-state index contributed by atoms with van der Waals surface area (Å²) in [5.74, 6) is -4.43. The molecule has 10 heteroatoms. The Labute approximate surface area is 212 Å². The van der Waals surface area contributed by atoms with Gasteiger partial charge in [0.1, 0.15) is 22.5 Å². The Bertz CT molecular complexity index is 1950. The van der Waals surface area contributed by atoms with E-state index in [0.717, 1.165) is 23.8 Å². The number of aromatic amines is 1. The predicted octanol–water partition coefficient (Wildman–Crippen LogP) is 3.87. The third-order valence-electron chi connectivity index (χ3n) is 6.71. The number of phenols is 3. The summed E-state index contributed by atoms with van der Waals surface area (Å²) in [6, 6.07) is 11.8. The summed E-state index contributed by atoms with van der Waals surface area (Å²) in [7, 11) is 0. The fourth-order valence-corrected chi connectivity index (χ4v) is 4.90. The van der Waals surface area contributed by atoms with Crippen LogP contribution in [-0.2, 0) is 4.79 Å². The topological polar surface area (TPSA) is 170 Å². The van der Waals surface area contributed by atoms with Crippen LogP contribution in [0.4, 0.5) is 0 Å². The highest BCUT2D eigenvalue weighted by atomic mass is 16.5. The van der Waals surface area contributed by atoms with Gasteiger partial charge in [0.05, 0.1) is 6.42 Å². The van der Waals surface area contributed by atoms with Crippen molar-refractivity contribution in [1.29, 1.82) is 0 Å². The van der Waals surface area contributed by atoms with Gasteiger partial charge in [0.25, 0.3) is 5.56 Å². The van der Waals surface area contributed by atoms with E-state index in [1.807, 2.05) is 25.1 Å². The molecule has 1 atom stereocenters. The van der Waals surface area contributed by atoms with E-state index >= 15 is 0 Å². The van der Waals surface area contributed by atoms with E-state index in [1.54, 1.807) is 6.07 Å². The van der Waals surface area contributed by atoms with Crippen LogP contribution in [0.5, 0.6) is 28.7 Å². The van der Waals surface area contributed by atoms with E-state index in [9.17, 15) is 34.8 Å². The van der Waals surface area contributed by atoms with Gasteiger partial charge in [-0.1, -0.05) is 12.1 Å². The molecule has 6 rings (SSSR count). The highest BCUT2D eigenvalue weighted by molar-refractivity contribution is 5.94. The number of aryl methyl sites for hydroxylation is 1. The molecule has 5 aromatic rings. The van der Waals surface area contributed by atoms with Gasteiger partial charge in [-0.3, -0.25) is 14.4 Å². The first-order chi connectivity index (χ1) is 18.1. The molecule has 0 fully saturated rings. The maximum absolute atomic E-state index is 13.2. The summed E-state index contributed by atoms with van der Waals surface area (Å²) in [5.41, 5.74) is 0.347. The number of rotatable bonds is 2. The molecule has 3 heterocycles. The average molecular weight is 513 g/mol. The van der Waals surface area contributed by atoms with Crippen molar-refractivity contribution in [2.45, 2.75) is 19.3 Å². The molecule has 38 heavy (non-hydrogen) atoms. The minimum atomic E-state index is -0.979. The second-order valence-electron chi connectivity index (χ2n) is 9.20. The van der Waals surface area contributed by atoms with Crippen LogP contribution in [0.2, 0.25) is 0 Å². The molecule has 0 amide bonds. The van der Waals surface area contributed by atoms with Crippen molar-refractivity contribution < 1.29 is 34.4 Å². The second kappa shape index (κ2) is 8.13. The number of carbonyl (C=O) groups is 1. The van der Waals surface area contributed by atoms with E-state index in [2.05, 4.69) is 4.98 Å². The summed E-state index contributed by atoms with van der Waals surface area (Å²) in [6.07, 6.45) is -0.257. The van der Waals surface area contributed by atoms with Crippen molar-refractivity contribution in [1.82, 2.24) is 4.98 Å². The molecule has 5 N–H and O–H groups in total. The highest BCUT2D eigenvalue weighted by Crippen LogP contribution is 2.47. The minimum Gasteiger partial charge on any atom is -0.507 e. The van der Waals surface area contributed by atoms with Crippen LogP contribution >= 0.6 is 0 Å². The van der Waals surface area contributed by atoms with E-state index in [4.69, 9.17) is 9.15 Å². The molecular weight excluding hydrogens is 494 g/mol. The molecule has 1 aliphatic heterocycles. The fraction of sp³-hybridized carbons (Fsp3) is 0.107. The van der Waals surface area contributed by atoms with Gasteiger partial charge in [0.15, 0.2) is 17.3 Å². The number of benzene rings is 3. The Balaban J connectivity index is 1.68. The van der Waals surface area contributed by atoms with Gasteiger partial charge in [0, 0.05) is 34.2 Å². The van der Waals surface area contributed by atoms with Gasteiger partial charge in [-0.2, -0.15) is 0 Å². The lowest BCUT2D eigenvalue weighted by molar-refractivity contribution is -0.135. The van der Waals surface area contributed by atoms with Crippen molar-refractivity contribution in [3.8, 4) is 40.1 Å². The lowest BCUT2D eigenvalue weighted by Crippen LogP contribution is -2.26. The number of pyridine rings is 1. The first-order valence-electron chi connectivity index (χ1n) is 11.5. The molecule has 2 aromatic heterocycles. The molecule has 190 valence electrons. The summed E-state index contributed by atoms with van der Waals surface area (Å²) in [4.78, 5) is 41.8. The van der Waals surface area contributed by atoms with Crippen LogP contribution in [0.1, 0.15) is 29.0 Å². The zero-order valence-electron chi connectivity index (χ0n) is 19.7. The Kier molecular flexibility index (Phi) is 4.96. The lowest BCUT2D eigenvalue weighted by atomic mass is 9.85. The lowest BCUT2D eigenvalue weighted by Gasteiger charge is -2.25. The van der Waals surface area contributed by atoms with E-state index in [0.29, 0.717) is 10.9 Å². The molecule has 1 aliphatic rings. The van der Waals surface area contributed by atoms with Crippen molar-refractivity contribution in [3.63, 3.8) is 0 Å². The smallest absolute Gasteiger partial charge is 0.312 e. The van der Waals surface area contributed by atoms with Gasteiger partial charge in [-0.25, -0.2) is 0 Å². The molecule has 0 bridgehead atoms. The maximum Gasteiger partial charge on any atom is 0.312 e. The van der Waals surface area contributed by atoms with Gasteiger partial charge in [-0.05, 0) is 48.2 Å². The van der Waals surface area contributed by atoms with Crippen molar-refractivity contribution in [2.75, 3.05) is 0 Å². The molecule has 0 saturated heterocycles. The largest absolute Gasteiger partial charge is 0.507 e. The number of hydrogen-bond acceptors (Lipinski definition) is 9. The number of phenolic OH excluding ortho intramolecular Hbond substituents is 3. The number of ether oxygens (including phenoxy) is 1. The monoisotopic (exact) mass is 513 g/mol. The molecule has 0 saturated carbocycles. The van der Waals surface area contributed by atoms with Gasteiger partial charge in [-0.15, -0.1) is 0 Å². The van der Waals surface area contributed by atoms with Crippen LogP contribution in [0.3, 0.4) is 0 Å². The third-order valence-corrected chi connectivity index (χ3v) is 6.71. The van der Waals surface area contributed by atoms with Gasteiger partial charge < -0.3 is 34.6 Å². The fourth-order valence-electron chi connectivity index (χ4n) is 4.90. The quantitative estimate of drug-likeness (QED) is 0.134. The first-order valence-corrected chi connectivity index (χ1v) is 11.5. The number of nitrogens with one attached hydrogen (secondary N) is 1. The van der Waals surface area contributed by atoms with Crippen LogP contribution in [0.25, 0.3) is 33.2 Å². The van der Waals surface area contributed by atoms with E-state index in [1.165, 1.54) is 6.07 Å².